The lowest BCUT2D eigenvalue weighted by molar-refractivity contribution is 1.62. The highest BCUT2D eigenvalue weighted by Crippen LogP contribution is 2.48. The lowest BCUT2D eigenvalue weighted by Crippen LogP contribution is -2.45. The Bertz CT molecular complexity index is 2780. The van der Waals surface area contributed by atoms with Gasteiger partial charge in [0.05, 0.1) is 48.4 Å². The molecule has 0 aliphatic carbocycles. The largest absolute Gasteiger partial charge is 0.0776 e. The van der Waals surface area contributed by atoms with E-state index in [9.17, 15) is 0 Å². The summed E-state index contributed by atoms with van der Waals surface area (Å²) < 4.78 is 0. The Morgan fingerprint density at radius 2 is 0.422 bits per heavy atom. The van der Waals surface area contributed by atoms with Crippen LogP contribution in [0.2, 0.25) is 118 Å². The first-order valence-electron chi connectivity index (χ1n) is 23.8. The van der Waals surface area contributed by atoms with Crippen molar-refractivity contribution in [2.45, 2.75) is 118 Å². The van der Waals surface area contributed by atoms with Crippen LogP contribution in [-0.4, -0.2) is 48.4 Å². The van der Waals surface area contributed by atoms with Crippen LogP contribution in [0, 0.1) is 0 Å². The average molecular weight is 940 g/mol. The third kappa shape index (κ3) is 8.88. The molecule has 0 spiro atoms. The van der Waals surface area contributed by atoms with Crippen LogP contribution < -0.4 is 31.1 Å². The third-order valence-corrected chi connectivity index (χ3v) is 26.2. The van der Waals surface area contributed by atoms with Gasteiger partial charge in [0.2, 0.25) is 0 Å². The second kappa shape index (κ2) is 15.9. The van der Waals surface area contributed by atoms with Crippen LogP contribution in [-0.2, 0) is 0 Å². The van der Waals surface area contributed by atoms with Crippen molar-refractivity contribution in [2.24, 2.45) is 0 Å². The zero-order valence-electron chi connectivity index (χ0n) is 42.5. The minimum atomic E-state index is -1.65. The van der Waals surface area contributed by atoms with Crippen molar-refractivity contribution in [3.8, 4) is 44.5 Å². The van der Waals surface area contributed by atoms with E-state index in [-0.39, 0.29) is 0 Å². The summed E-state index contributed by atoms with van der Waals surface area (Å²) in [5, 5.41) is 17.5. The Morgan fingerprint density at radius 3 is 0.641 bits per heavy atom. The van der Waals surface area contributed by atoms with Crippen molar-refractivity contribution in [1.29, 1.82) is 0 Å². The highest BCUT2D eigenvalue weighted by Gasteiger charge is 2.28. The Morgan fingerprint density at radius 1 is 0.203 bits per heavy atom. The highest BCUT2D eigenvalue weighted by atomic mass is 28.3. The molecule has 0 amide bonds. The predicted octanol–water partition coefficient (Wildman–Crippen LogP) is 14.5. The molecule has 8 aromatic carbocycles. The molecular formula is C58H74Si6. The van der Waals surface area contributed by atoms with Crippen molar-refractivity contribution in [3.05, 3.63) is 121 Å². The fraction of sp³-hybridized carbons (Fsp3) is 0.310. The SMILES string of the molecule is C[Si](C)(C)c1ccc(-c2cc(-c3cc([Si](C)(C)C)cc([Si](C)(C)C)c3)c3ccc4c(-c5ccc([Si](C)(C)C)cc5)cc(-c5cc([Si](C)(C)C)cc([Si](C)(C)C)c5)c5ccc2c3c45)cc1. The van der Waals surface area contributed by atoms with Crippen LogP contribution in [0.5, 0.6) is 0 Å². The number of hydrogen-bond acceptors (Lipinski definition) is 0. The van der Waals surface area contributed by atoms with Crippen molar-refractivity contribution in [2.75, 3.05) is 0 Å². The van der Waals surface area contributed by atoms with Crippen LogP contribution in [0.15, 0.2) is 121 Å². The summed E-state index contributed by atoms with van der Waals surface area (Å²) in [6, 6.07) is 50.0. The molecule has 0 fully saturated rings. The number of benzene rings is 8. The van der Waals surface area contributed by atoms with E-state index < -0.39 is 48.4 Å². The average Bonchev–Trinajstić information content (AvgIpc) is 3.20. The van der Waals surface area contributed by atoms with E-state index in [1.807, 2.05) is 0 Å². The van der Waals surface area contributed by atoms with Gasteiger partial charge in [-0.3, -0.25) is 0 Å². The lowest BCUT2D eigenvalue weighted by Gasteiger charge is -2.26. The van der Waals surface area contributed by atoms with E-state index in [1.165, 1.54) is 87.2 Å². The first kappa shape index (κ1) is 46.6. The van der Waals surface area contributed by atoms with E-state index in [1.54, 1.807) is 20.7 Å². The van der Waals surface area contributed by atoms with Gasteiger partial charge in [-0.1, -0.05) is 258 Å². The second-order valence-corrected chi connectivity index (χ2v) is 55.7. The molecule has 0 nitrogen and oxygen atoms in total. The lowest BCUT2D eigenvalue weighted by atomic mass is 9.82. The number of hydrogen-bond donors (Lipinski definition) is 0. The first-order chi connectivity index (χ1) is 29.5. The summed E-state index contributed by atoms with van der Waals surface area (Å²) >= 11 is 0. The zero-order chi connectivity index (χ0) is 46.7. The van der Waals surface area contributed by atoms with Gasteiger partial charge in [0.1, 0.15) is 0 Å². The fourth-order valence-electron chi connectivity index (χ4n) is 9.55. The molecule has 330 valence electrons. The molecule has 0 aliphatic heterocycles. The van der Waals surface area contributed by atoms with Gasteiger partial charge >= 0.3 is 0 Å². The molecule has 0 atom stereocenters. The number of rotatable bonds is 10. The summed E-state index contributed by atoms with van der Waals surface area (Å²) in [5.41, 5.74) is 10.7. The Hall–Kier alpha value is -3.90. The maximum Gasteiger partial charge on any atom is 0.0776 e. The maximum absolute atomic E-state index is 2.59. The second-order valence-electron chi connectivity index (χ2n) is 25.3. The molecule has 64 heavy (non-hydrogen) atoms. The van der Waals surface area contributed by atoms with Crippen molar-refractivity contribution in [1.82, 2.24) is 0 Å². The van der Waals surface area contributed by atoms with Gasteiger partial charge in [-0.2, -0.15) is 0 Å². The van der Waals surface area contributed by atoms with E-state index in [0.29, 0.717) is 0 Å². The molecule has 8 rings (SSSR count). The molecule has 0 bridgehead atoms. The summed E-state index contributed by atoms with van der Waals surface area (Å²) in [4.78, 5) is 0. The van der Waals surface area contributed by atoms with Gasteiger partial charge in [0, 0.05) is 0 Å². The smallest absolute Gasteiger partial charge is 0.0656 e. The van der Waals surface area contributed by atoms with Crippen molar-refractivity contribution >= 4 is 112 Å². The molecule has 6 heteroatoms. The minimum absolute atomic E-state index is 1.30. The van der Waals surface area contributed by atoms with Crippen LogP contribution in [0.3, 0.4) is 0 Å². The van der Waals surface area contributed by atoms with Crippen LogP contribution in [0.1, 0.15) is 0 Å². The Kier molecular flexibility index (Phi) is 11.6. The minimum Gasteiger partial charge on any atom is -0.0656 e. The summed E-state index contributed by atoms with van der Waals surface area (Å²) in [5.74, 6) is 0. The van der Waals surface area contributed by atoms with E-state index >= 15 is 0 Å². The molecule has 8 aromatic rings. The molecule has 0 radical (unpaired) electrons. The van der Waals surface area contributed by atoms with Crippen LogP contribution in [0.25, 0.3) is 76.8 Å². The predicted molar refractivity (Wildman–Crippen MR) is 310 cm³/mol. The van der Waals surface area contributed by atoms with E-state index in [2.05, 4.69) is 239 Å². The first-order valence-corrected chi connectivity index (χ1v) is 44.8. The Labute approximate surface area is 393 Å². The highest BCUT2D eigenvalue weighted by molar-refractivity contribution is 6.93. The van der Waals surface area contributed by atoms with E-state index in [4.69, 9.17) is 0 Å². The van der Waals surface area contributed by atoms with Crippen LogP contribution >= 0.6 is 0 Å². The van der Waals surface area contributed by atoms with Gasteiger partial charge in [0.15, 0.2) is 0 Å². The molecule has 0 saturated carbocycles. The third-order valence-electron chi connectivity index (χ3n) is 14.0. The standard InChI is InChI=1S/C58H74Si6/c1-59(2,3)43-23-19-39(20-24-43)53-37-55(41-31-45(61(7,8)9)35-46(32-41)62(10,11)12)51-30-28-50-54(40-21-25-44(26-22-40)60(4,5)6)38-56(52-29-27-49(53)57(51)58(50)52)42-33-47(63(13,14)15)36-48(34-42)64(16,17)18/h19-38H,1-18H3. The monoisotopic (exact) mass is 938 g/mol. The van der Waals surface area contributed by atoms with Crippen LogP contribution in [0.4, 0.5) is 0 Å². The summed E-state index contributed by atoms with van der Waals surface area (Å²) in [6.45, 7) is 44.9. The molecular weight excluding hydrogens is 865 g/mol. The molecule has 0 unspecified atom stereocenters. The van der Waals surface area contributed by atoms with Gasteiger partial charge < -0.3 is 0 Å². The Balaban J connectivity index is 1.57. The quantitative estimate of drug-likeness (QED) is 0.0947. The van der Waals surface area contributed by atoms with E-state index in [0.717, 1.165) is 0 Å². The van der Waals surface area contributed by atoms with Crippen molar-refractivity contribution < 1.29 is 0 Å². The van der Waals surface area contributed by atoms with Gasteiger partial charge in [-0.25, -0.2) is 0 Å². The molecule has 0 N–H and O–H groups in total. The normalized spacial score (nSPS) is 13.5. The molecule has 0 aliphatic rings. The zero-order valence-corrected chi connectivity index (χ0v) is 48.5. The van der Waals surface area contributed by atoms with Crippen molar-refractivity contribution in [3.63, 3.8) is 0 Å². The molecule has 0 saturated heterocycles. The maximum atomic E-state index is 2.59. The van der Waals surface area contributed by atoms with Gasteiger partial charge in [-0.15, -0.1) is 0 Å². The van der Waals surface area contributed by atoms with Gasteiger partial charge in [0.25, 0.3) is 0 Å². The van der Waals surface area contributed by atoms with Gasteiger partial charge in [-0.05, 0) is 89.0 Å². The fourth-order valence-corrected chi connectivity index (χ4v) is 16.9. The summed E-state index contributed by atoms with van der Waals surface area (Å²) in [7, 11) is -9.56. The molecule has 0 aromatic heterocycles. The summed E-state index contributed by atoms with van der Waals surface area (Å²) in [6.07, 6.45) is 0. The topological polar surface area (TPSA) is 0 Å². The molecule has 0 heterocycles.